The zero-order valence-corrected chi connectivity index (χ0v) is 9.99. The molecule has 88 valence electrons. The van der Waals surface area contributed by atoms with Crippen molar-refractivity contribution in [3.05, 3.63) is 35.4 Å². The second kappa shape index (κ2) is 5.15. The molecule has 16 heavy (non-hydrogen) atoms. The molecule has 1 fully saturated rings. The molecule has 1 nitrogen and oxygen atoms in total. The van der Waals surface area contributed by atoms with Crippen LogP contribution >= 0.6 is 11.8 Å². The second-order valence-corrected chi connectivity index (χ2v) is 5.27. The molecule has 2 rings (SSSR count). The van der Waals surface area contributed by atoms with E-state index in [1.807, 2.05) is 0 Å². The van der Waals surface area contributed by atoms with Gasteiger partial charge in [-0.15, -0.1) is 0 Å². The highest BCUT2D eigenvalue weighted by Crippen LogP contribution is 2.27. The monoisotopic (exact) mass is 243 g/mol. The lowest BCUT2D eigenvalue weighted by atomic mass is 10.1. The molecule has 0 bridgehead atoms. The summed E-state index contributed by atoms with van der Waals surface area (Å²) < 4.78 is 27.2. The van der Waals surface area contributed by atoms with Crippen LogP contribution in [0.2, 0.25) is 0 Å². The van der Waals surface area contributed by atoms with Gasteiger partial charge in [0.15, 0.2) is 0 Å². The van der Waals surface area contributed by atoms with Gasteiger partial charge in [0.2, 0.25) is 0 Å². The molecule has 0 aliphatic carbocycles. The minimum Gasteiger partial charge on any atom is -0.307 e. The van der Waals surface area contributed by atoms with Crippen molar-refractivity contribution >= 4 is 11.8 Å². The molecule has 0 aromatic heterocycles. The molecule has 1 aromatic carbocycles. The molecule has 2 unspecified atom stereocenters. The lowest BCUT2D eigenvalue weighted by Gasteiger charge is -2.20. The van der Waals surface area contributed by atoms with Gasteiger partial charge in [0.25, 0.3) is 0 Å². The van der Waals surface area contributed by atoms with E-state index in [0.717, 1.165) is 17.9 Å². The zero-order chi connectivity index (χ0) is 11.5. The first-order valence-corrected chi connectivity index (χ1v) is 6.61. The van der Waals surface area contributed by atoms with Crippen LogP contribution < -0.4 is 5.32 Å². The van der Waals surface area contributed by atoms with Gasteiger partial charge in [-0.1, -0.05) is 6.07 Å². The van der Waals surface area contributed by atoms with Gasteiger partial charge in [0.05, 0.1) is 0 Å². The van der Waals surface area contributed by atoms with Crippen LogP contribution in [0.25, 0.3) is 0 Å². The van der Waals surface area contributed by atoms with Gasteiger partial charge in [-0.2, -0.15) is 11.8 Å². The molecule has 0 spiro atoms. The minimum absolute atomic E-state index is 0.184. The SMILES string of the molecule is CC1CCSCC(c2c(F)cccc2F)N1. The van der Waals surface area contributed by atoms with E-state index < -0.39 is 11.6 Å². The van der Waals surface area contributed by atoms with E-state index in [1.165, 1.54) is 18.2 Å². The Labute approximate surface area is 98.6 Å². The van der Waals surface area contributed by atoms with Crippen molar-refractivity contribution in [1.29, 1.82) is 0 Å². The largest absolute Gasteiger partial charge is 0.307 e. The Balaban J connectivity index is 2.28. The van der Waals surface area contributed by atoms with E-state index in [9.17, 15) is 8.78 Å². The highest BCUT2D eigenvalue weighted by Gasteiger charge is 2.23. The van der Waals surface area contributed by atoms with E-state index in [4.69, 9.17) is 0 Å². The molecular formula is C12H15F2NS. The Kier molecular flexibility index (Phi) is 3.82. The summed E-state index contributed by atoms with van der Waals surface area (Å²) in [6, 6.07) is 4.13. The van der Waals surface area contributed by atoms with Crippen LogP contribution in [-0.4, -0.2) is 17.5 Å². The molecule has 2 atom stereocenters. The maximum atomic E-state index is 13.6. The first-order valence-electron chi connectivity index (χ1n) is 5.46. The fourth-order valence-corrected chi connectivity index (χ4v) is 3.13. The molecule has 1 saturated heterocycles. The van der Waals surface area contributed by atoms with Crippen LogP contribution in [0.1, 0.15) is 24.9 Å². The quantitative estimate of drug-likeness (QED) is 0.813. The van der Waals surface area contributed by atoms with E-state index in [2.05, 4.69) is 12.2 Å². The lowest BCUT2D eigenvalue weighted by Crippen LogP contribution is -2.31. The van der Waals surface area contributed by atoms with Crippen LogP contribution in [0.5, 0.6) is 0 Å². The number of thioether (sulfide) groups is 1. The second-order valence-electron chi connectivity index (χ2n) is 4.12. The van der Waals surface area contributed by atoms with Gasteiger partial charge in [-0.25, -0.2) is 8.78 Å². The van der Waals surface area contributed by atoms with Crippen LogP contribution in [0.3, 0.4) is 0 Å². The summed E-state index contributed by atoms with van der Waals surface area (Å²) in [6.45, 7) is 2.05. The van der Waals surface area contributed by atoms with Gasteiger partial charge in [-0.3, -0.25) is 0 Å². The van der Waals surface area contributed by atoms with E-state index >= 15 is 0 Å². The Morgan fingerprint density at radius 2 is 2.00 bits per heavy atom. The number of rotatable bonds is 1. The average Bonchev–Trinajstić information content (AvgIpc) is 2.43. The average molecular weight is 243 g/mol. The predicted molar refractivity (Wildman–Crippen MR) is 63.6 cm³/mol. The van der Waals surface area contributed by atoms with Gasteiger partial charge in [-0.05, 0) is 31.2 Å². The fraction of sp³-hybridized carbons (Fsp3) is 0.500. The van der Waals surface area contributed by atoms with E-state index in [-0.39, 0.29) is 11.6 Å². The third-order valence-corrected chi connectivity index (χ3v) is 3.91. The minimum atomic E-state index is -0.452. The number of hydrogen-bond acceptors (Lipinski definition) is 2. The van der Waals surface area contributed by atoms with Gasteiger partial charge >= 0.3 is 0 Å². The van der Waals surface area contributed by atoms with Crippen molar-refractivity contribution in [3.63, 3.8) is 0 Å². The molecule has 1 N–H and O–H groups in total. The molecule has 1 heterocycles. The Morgan fingerprint density at radius 1 is 1.31 bits per heavy atom. The summed E-state index contributed by atoms with van der Waals surface area (Å²) in [5, 5.41) is 3.28. The van der Waals surface area contributed by atoms with E-state index in [0.29, 0.717) is 6.04 Å². The molecule has 4 heteroatoms. The molecule has 0 saturated carbocycles. The third kappa shape index (κ3) is 2.55. The molecule has 1 aliphatic heterocycles. The van der Waals surface area contributed by atoms with Crippen molar-refractivity contribution in [3.8, 4) is 0 Å². The predicted octanol–water partition coefficient (Wildman–Crippen LogP) is 3.12. The van der Waals surface area contributed by atoms with Gasteiger partial charge < -0.3 is 5.32 Å². The third-order valence-electron chi connectivity index (χ3n) is 2.81. The fourth-order valence-electron chi connectivity index (χ4n) is 1.95. The van der Waals surface area contributed by atoms with E-state index in [1.54, 1.807) is 11.8 Å². The first kappa shape index (κ1) is 11.9. The Morgan fingerprint density at radius 3 is 2.69 bits per heavy atom. The summed E-state index contributed by atoms with van der Waals surface area (Å²) in [5.74, 6) is 0.863. The normalized spacial score (nSPS) is 26.4. The molecular weight excluding hydrogens is 228 g/mol. The zero-order valence-electron chi connectivity index (χ0n) is 9.17. The number of hydrogen-bond donors (Lipinski definition) is 1. The summed E-state index contributed by atoms with van der Waals surface area (Å²) in [7, 11) is 0. The van der Waals surface area contributed by atoms with Crippen LogP contribution in [0, 0.1) is 11.6 Å². The van der Waals surface area contributed by atoms with Crippen molar-refractivity contribution in [1.82, 2.24) is 5.32 Å². The van der Waals surface area contributed by atoms with Gasteiger partial charge in [0.1, 0.15) is 11.6 Å². The van der Waals surface area contributed by atoms with Crippen LogP contribution in [0.15, 0.2) is 18.2 Å². The van der Waals surface area contributed by atoms with Crippen molar-refractivity contribution in [2.75, 3.05) is 11.5 Å². The number of benzene rings is 1. The lowest BCUT2D eigenvalue weighted by molar-refractivity contribution is 0.447. The highest BCUT2D eigenvalue weighted by atomic mass is 32.2. The first-order chi connectivity index (χ1) is 7.68. The summed E-state index contributed by atoms with van der Waals surface area (Å²) in [5.41, 5.74) is 0.184. The summed E-state index contributed by atoms with van der Waals surface area (Å²) in [6.07, 6.45) is 1.04. The van der Waals surface area contributed by atoms with Crippen molar-refractivity contribution < 1.29 is 8.78 Å². The van der Waals surface area contributed by atoms with Crippen molar-refractivity contribution in [2.24, 2.45) is 0 Å². The van der Waals surface area contributed by atoms with Crippen LogP contribution in [0.4, 0.5) is 8.78 Å². The van der Waals surface area contributed by atoms with Crippen molar-refractivity contribution in [2.45, 2.75) is 25.4 Å². The molecule has 0 amide bonds. The van der Waals surface area contributed by atoms with Crippen LogP contribution in [-0.2, 0) is 0 Å². The Bertz CT molecular complexity index is 350. The van der Waals surface area contributed by atoms with Gasteiger partial charge in [0, 0.05) is 23.4 Å². The smallest absolute Gasteiger partial charge is 0.130 e. The molecule has 1 aromatic rings. The standard InChI is InChI=1S/C12H15F2NS/c1-8-5-6-16-7-11(15-8)12-9(13)3-2-4-10(12)14/h2-4,8,11,15H,5-7H2,1H3. The molecule has 1 aliphatic rings. The number of halogens is 2. The summed E-state index contributed by atoms with van der Waals surface area (Å²) in [4.78, 5) is 0. The highest BCUT2D eigenvalue weighted by molar-refractivity contribution is 7.99. The number of nitrogens with one attached hydrogen (secondary N) is 1. The summed E-state index contributed by atoms with van der Waals surface area (Å²) >= 11 is 1.74. The maximum absolute atomic E-state index is 13.6. The Hall–Kier alpha value is -0.610. The maximum Gasteiger partial charge on any atom is 0.130 e. The molecule has 0 radical (unpaired) electrons. The topological polar surface area (TPSA) is 12.0 Å².